The summed E-state index contributed by atoms with van der Waals surface area (Å²) >= 11 is 6.01. The van der Waals surface area contributed by atoms with Crippen molar-refractivity contribution in [3.63, 3.8) is 0 Å². The van der Waals surface area contributed by atoms with Gasteiger partial charge in [0.05, 0.1) is 5.02 Å². The highest BCUT2D eigenvalue weighted by Gasteiger charge is 2.15. The van der Waals surface area contributed by atoms with Crippen LogP contribution in [0.15, 0.2) is 18.2 Å². The van der Waals surface area contributed by atoms with Gasteiger partial charge in [-0.3, -0.25) is 4.79 Å². The van der Waals surface area contributed by atoms with Crippen LogP contribution in [0, 0.1) is 6.92 Å². The van der Waals surface area contributed by atoms with Gasteiger partial charge in [-0.25, -0.2) is 0 Å². The number of aryl methyl sites for hydroxylation is 1. The van der Waals surface area contributed by atoms with E-state index in [2.05, 4.69) is 10.6 Å². The van der Waals surface area contributed by atoms with Crippen LogP contribution >= 0.6 is 11.6 Å². The van der Waals surface area contributed by atoms with Crippen molar-refractivity contribution in [1.29, 1.82) is 0 Å². The molecule has 0 bridgehead atoms. The van der Waals surface area contributed by atoms with E-state index in [9.17, 15) is 4.79 Å². The minimum absolute atomic E-state index is 0.150. The van der Waals surface area contributed by atoms with Crippen LogP contribution in [-0.2, 0) is 4.79 Å². The first-order valence-corrected chi connectivity index (χ1v) is 6.27. The molecule has 1 aromatic rings. The number of carbonyl (C=O) groups is 1. The molecule has 0 aromatic heterocycles. The van der Waals surface area contributed by atoms with Gasteiger partial charge in [0.1, 0.15) is 5.75 Å². The minimum atomic E-state index is -0.568. The Morgan fingerprint density at radius 2 is 2.17 bits per heavy atom. The molecule has 4 nitrogen and oxygen atoms in total. The molecule has 1 unspecified atom stereocenters. The number of ether oxygens (including phenoxy) is 1. The topological polar surface area (TPSA) is 50.4 Å². The van der Waals surface area contributed by atoms with Gasteiger partial charge in [-0.2, -0.15) is 0 Å². The summed E-state index contributed by atoms with van der Waals surface area (Å²) in [5, 5.41) is 6.23. The molecule has 0 saturated carbocycles. The highest BCUT2D eigenvalue weighted by molar-refractivity contribution is 6.32. The van der Waals surface area contributed by atoms with Crippen molar-refractivity contribution in [2.24, 2.45) is 0 Å². The van der Waals surface area contributed by atoms with Crippen molar-refractivity contribution >= 4 is 17.5 Å². The molecule has 0 spiro atoms. The second-order valence-electron chi connectivity index (χ2n) is 4.09. The van der Waals surface area contributed by atoms with Crippen LogP contribution in [0.5, 0.6) is 5.75 Å². The molecule has 1 atom stereocenters. The molecule has 0 saturated heterocycles. The van der Waals surface area contributed by atoms with E-state index in [-0.39, 0.29) is 5.91 Å². The lowest BCUT2D eigenvalue weighted by molar-refractivity contribution is -0.127. The second-order valence-corrected chi connectivity index (χ2v) is 4.50. The van der Waals surface area contributed by atoms with E-state index in [1.54, 1.807) is 13.0 Å². The van der Waals surface area contributed by atoms with Gasteiger partial charge < -0.3 is 15.4 Å². The lowest BCUT2D eigenvalue weighted by atomic mass is 10.2. The molecule has 0 radical (unpaired) electrons. The average Bonchev–Trinajstić information content (AvgIpc) is 2.34. The lowest BCUT2D eigenvalue weighted by Crippen LogP contribution is -2.39. The van der Waals surface area contributed by atoms with E-state index >= 15 is 0 Å². The molecular weight excluding hydrogens is 252 g/mol. The highest BCUT2D eigenvalue weighted by atomic mass is 35.5. The van der Waals surface area contributed by atoms with Crippen molar-refractivity contribution in [3.8, 4) is 5.75 Å². The number of hydrogen-bond acceptors (Lipinski definition) is 3. The molecule has 0 fully saturated rings. The minimum Gasteiger partial charge on any atom is -0.479 e. The first-order chi connectivity index (χ1) is 8.54. The Balaban J connectivity index is 2.55. The van der Waals surface area contributed by atoms with Crippen molar-refractivity contribution < 1.29 is 9.53 Å². The molecule has 100 valence electrons. The Kier molecular flexibility index (Phi) is 5.95. The lowest BCUT2D eigenvalue weighted by Gasteiger charge is -2.16. The molecule has 2 N–H and O–H groups in total. The molecule has 1 amide bonds. The summed E-state index contributed by atoms with van der Waals surface area (Å²) in [5.74, 6) is 0.385. The Morgan fingerprint density at radius 1 is 1.44 bits per heavy atom. The normalized spacial score (nSPS) is 12.0. The molecule has 1 rings (SSSR count). The second kappa shape index (κ2) is 7.24. The maximum absolute atomic E-state index is 11.7. The van der Waals surface area contributed by atoms with Gasteiger partial charge in [0.15, 0.2) is 6.10 Å². The molecular formula is C13H19ClN2O2. The average molecular weight is 271 g/mol. The summed E-state index contributed by atoms with van der Waals surface area (Å²) in [7, 11) is 1.83. The maximum Gasteiger partial charge on any atom is 0.260 e. The summed E-state index contributed by atoms with van der Waals surface area (Å²) in [6.07, 6.45) is -0.568. The Bertz CT molecular complexity index is 410. The van der Waals surface area contributed by atoms with Crippen molar-refractivity contribution in [2.75, 3.05) is 20.1 Å². The predicted octanol–water partition coefficient (Wildman–Crippen LogP) is 1.75. The number of nitrogens with one attached hydrogen (secondary N) is 2. The number of likely N-dealkylation sites (N-methyl/N-ethyl adjacent to an activating group) is 1. The SMILES string of the molecule is CNCCNC(=O)C(C)Oc1cc(C)ccc1Cl. The van der Waals surface area contributed by atoms with Gasteiger partial charge in [-0.1, -0.05) is 17.7 Å². The fourth-order valence-electron chi connectivity index (χ4n) is 1.40. The van der Waals surface area contributed by atoms with Crippen LogP contribution in [0.4, 0.5) is 0 Å². The first-order valence-electron chi connectivity index (χ1n) is 5.89. The Hall–Kier alpha value is -1.26. The standard InChI is InChI=1S/C13H19ClN2O2/c1-9-4-5-11(14)12(8-9)18-10(2)13(17)16-7-6-15-3/h4-5,8,10,15H,6-7H2,1-3H3,(H,16,17). The van der Waals surface area contributed by atoms with E-state index in [0.29, 0.717) is 17.3 Å². The van der Waals surface area contributed by atoms with Gasteiger partial charge in [-0.15, -0.1) is 0 Å². The number of benzene rings is 1. The number of halogens is 1. The van der Waals surface area contributed by atoms with Gasteiger partial charge in [0.2, 0.25) is 0 Å². The quantitative estimate of drug-likeness (QED) is 0.775. The van der Waals surface area contributed by atoms with Gasteiger partial charge in [0.25, 0.3) is 5.91 Å². The molecule has 0 aliphatic carbocycles. The van der Waals surface area contributed by atoms with Crippen molar-refractivity contribution in [2.45, 2.75) is 20.0 Å². The van der Waals surface area contributed by atoms with E-state index in [1.807, 2.05) is 26.1 Å². The number of carbonyl (C=O) groups excluding carboxylic acids is 1. The van der Waals surface area contributed by atoms with Crippen LogP contribution < -0.4 is 15.4 Å². The number of hydrogen-bond donors (Lipinski definition) is 2. The smallest absolute Gasteiger partial charge is 0.260 e. The first kappa shape index (κ1) is 14.8. The molecule has 0 aliphatic heterocycles. The van der Waals surface area contributed by atoms with Gasteiger partial charge in [-0.05, 0) is 38.6 Å². The monoisotopic (exact) mass is 270 g/mol. The fourth-order valence-corrected chi connectivity index (χ4v) is 1.56. The van der Waals surface area contributed by atoms with E-state index in [1.165, 1.54) is 0 Å². The number of rotatable bonds is 6. The van der Waals surface area contributed by atoms with Crippen LogP contribution in [0.3, 0.4) is 0 Å². The van der Waals surface area contributed by atoms with Crippen LogP contribution in [0.25, 0.3) is 0 Å². The summed E-state index contributed by atoms with van der Waals surface area (Å²) < 4.78 is 5.55. The zero-order valence-electron chi connectivity index (χ0n) is 10.9. The molecule has 0 aliphatic rings. The highest BCUT2D eigenvalue weighted by Crippen LogP contribution is 2.26. The van der Waals surface area contributed by atoms with Crippen LogP contribution in [0.1, 0.15) is 12.5 Å². The van der Waals surface area contributed by atoms with Gasteiger partial charge >= 0.3 is 0 Å². The molecule has 1 aromatic carbocycles. The van der Waals surface area contributed by atoms with Gasteiger partial charge in [0, 0.05) is 13.1 Å². The number of amides is 1. The Labute approximate surface area is 113 Å². The van der Waals surface area contributed by atoms with Crippen LogP contribution in [0.2, 0.25) is 5.02 Å². The van der Waals surface area contributed by atoms with Crippen molar-refractivity contribution in [3.05, 3.63) is 28.8 Å². The third kappa shape index (κ3) is 4.55. The van der Waals surface area contributed by atoms with E-state index < -0.39 is 6.10 Å². The largest absolute Gasteiger partial charge is 0.479 e. The predicted molar refractivity (Wildman–Crippen MR) is 73.2 cm³/mol. The Morgan fingerprint density at radius 3 is 2.83 bits per heavy atom. The van der Waals surface area contributed by atoms with E-state index in [0.717, 1.165) is 12.1 Å². The zero-order chi connectivity index (χ0) is 13.5. The summed E-state index contributed by atoms with van der Waals surface area (Å²) in [6, 6.07) is 5.48. The maximum atomic E-state index is 11.7. The third-order valence-corrected chi connectivity index (χ3v) is 2.75. The fraction of sp³-hybridized carbons (Fsp3) is 0.462. The molecule has 18 heavy (non-hydrogen) atoms. The van der Waals surface area contributed by atoms with E-state index in [4.69, 9.17) is 16.3 Å². The third-order valence-electron chi connectivity index (χ3n) is 2.43. The van der Waals surface area contributed by atoms with Crippen molar-refractivity contribution in [1.82, 2.24) is 10.6 Å². The molecule has 0 heterocycles. The summed E-state index contributed by atoms with van der Waals surface area (Å²) in [6.45, 7) is 4.95. The summed E-state index contributed by atoms with van der Waals surface area (Å²) in [4.78, 5) is 11.7. The summed E-state index contributed by atoms with van der Waals surface area (Å²) in [5.41, 5.74) is 1.04. The molecule has 5 heteroatoms. The zero-order valence-corrected chi connectivity index (χ0v) is 11.7. The van der Waals surface area contributed by atoms with Crippen LogP contribution in [-0.4, -0.2) is 32.1 Å².